The molecule has 1 aromatic carbocycles. The summed E-state index contributed by atoms with van der Waals surface area (Å²) in [6.07, 6.45) is 1.52. The Morgan fingerprint density at radius 1 is 1.44 bits per heavy atom. The van der Waals surface area contributed by atoms with Gasteiger partial charge in [-0.2, -0.15) is 11.8 Å². The van der Waals surface area contributed by atoms with E-state index in [-0.39, 0.29) is 11.4 Å². The highest BCUT2D eigenvalue weighted by Crippen LogP contribution is 2.42. The number of carbonyl (C=O) groups is 1. The largest absolute Gasteiger partial charge is 0.485 e. The predicted molar refractivity (Wildman–Crippen MR) is 68.4 cm³/mol. The normalized spacial score (nSPS) is 27.9. The third kappa shape index (κ3) is 1.68. The lowest BCUT2D eigenvalue weighted by Gasteiger charge is -2.34. The van der Waals surface area contributed by atoms with Gasteiger partial charge in [-0.05, 0) is 30.4 Å². The van der Waals surface area contributed by atoms with Crippen LogP contribution in [0.15, 0.2) is 22.7 Å². The van der Waals surface area contributed by atoms with Crippen LogP contribution in [0.1, 0.15) is 23.2 Å². The number of benzene rings is 1. The van der Waals surface area contributed by atoms with Crippen molar-refractivity contribution in [1.29, 1.82) is 0 Å². The Balaban J connectivity index is 2.02. The van der Waals surface area contributed by atoms with Crippen LogP contribution in [0, 0.1) is 0 Å². The van der Waals surface area contributed by atoms with Crippen molar-refractivity contribution in [2.24, 2.45) is 0 Å². The highest BCUT2D eigenvalue weighted by atomic mass is 79.9. The predicted octanol–water partition coefficient (Wildman–Crippen LogP) is 3.29. The van der Waals surface area contributed by atoms with Crippen LogP contribution >= 0.6 is 27.7 Å². The lowest BCUT2D eigenvalue weighted by atomic mass is 9.89. The minimum Gasteiger partial charge on any atom is -0.485 e. The SMILES string of the molecule is O=C1CC2(CCSC2)Oc2ccc(Br)cc21. The second-order valence-corrected chi connectivity index (χ2v) is 6.35. The van der Waals surface area contributed by atoms with E-state index in [0.717, 1.165) is 33.7 Å². The summed E-state index contributed by atoms with van der Waals surface area (Å²) in [6, 6.07) is 5.67. The third-order valence-corrected chi connectivity index (χ3v) is 4.83. The summed E-state index contributed by atoms with van der Waals surface area (Å²) >= 11 is 5.25. The molecule has 1 unspecified atom stereocenters. The van der Waals surface area contributed by atoms with E-state index in [4.69, 9.17) is 4.74 Å². The van der Waals surface area contributed by atoms with Crippen molar-refractivity contribution in [1.82, 2.24) is 0 Å². The Morgan fingerprint density at radius 3 is 3.06 bits per heavy atom. The molecule has 2 nitrogen and oxygen atoms in total. The molecule has 1 atom stereocenters. The zero-order valence-corrected chi connectivity index (χ0v) is 11.1. The second kappa shape index (κ2) is 3.77. The maximum atomic E-state index is 12.1. The smallest absolute Gasteiger partial charge is 0.170 e. The van der Waals surface area contributed by atoms with Gasteiger partial charge in [0.1, 0.15) is 11.4 Å². The fourth-order valence-electron chi connectivity index (χ4n) is 2.27. The van der Waals surface area contributed by atoms with Gasteiger partial charge in [0, 0.05) is 10.2 Å². The van der Waals surface area contributed by atoms with E-state index in [1.54, 1.807) is 0 Å². The van der Waals surface area contributed by atoms with Crippen molar-refractivity contribution in [3.8, 4) is 5.75 Å². The molecule has 4 heteroatoms. The van der Waals surface area contributed by atoms with E-state index < -0.39 is 0 Å². The van der Waals surface area contributed by atoms with Crippen LogP contribution in [0.4, 0.5) is 0 Å². The van der Waals surface area contributed by atoms with Gasteiger partial charge in [-0.3, -0.25) is 4.79 Å². The van der Waals surface area contributed by atoms with Gasteiger partial charge < -0.3 is 4.74 Å². The van der Waals surface area contributed by atoms with Crippen molar-refractivity contribution in [2.45, 2.75) is 18.4 Å². The topological polar surface area (TPSA) is 26.3 Å². The van der Waals surface area contributed by atoms with Gasteiger partial charge in [0.05, 0.1) is 12.0 Å². The summed E-state index contributed by atoms with van der Waals surface area (Å²) in [4.78, 5) is 12.1. The highest BCUT2D eigenvalue weighted by molar-refractivity contribution is 9.10. The molecule has 0 aliphatic carbocycles. The summed E-state index contributed by atoms with van der Waals surface area (Å²) in [5.74, 6) is 3.00. The van der Waals surface area contributed by atoms with Crippen molar-refractivity contribution in [3.63, 3.8) is 0 Å². The van der Waals surface area contributed by atoms with Crippen molar-refractivity contribution >= 4 is 33.5 Å². The van der Waals surface area contributed by atoms with E-state index in [9.17, 15) is 4.79 Å². The number of halogens is 1. The van der Waals surface area contributed by atoms with Gasteiger partial charge in [-0.15, -0.1) is 0 Å². The third-order valence-electron chi connectivity index (χ3n) is 3.12. The maximum absolute atomic E-state index is 12.1. The minimum absolute atomic E-state index is 0.213. The summed E-state index contributed by atoms with van der Waals surface area (Å²) in [5, 5.41) is 0. The molecule has 0 bridgehead atoms. The molecule has 3 rings (SSSR count). The lowest BCUT2D eigenvalue weighted by Crippen LogP contribution is -2.41. The molecule has 0 radical (unpaired) electrons. The quantitative estimate of drug-likeness (QED) is 0.735. The van der Waals surface area contributed by atoms with Crippen LogP contribution in [0.2, 0.25) is 0 Å². The molecule has 1 fully saturated rings. The number of ketones is 1. The van der Waals surface area contributed by atoms with E-state index in [0.29, 0.717) is 6.42 Å². The summed E-state index contributed by atoms with van der Waals surface area (Å²) in [6.45, 7) is 0. The van der Waals surface area contributed by atoms with Crippen LogP contribution in [0.3, 0.4) is 0 Å². The molecule has 2 heterocycles. The maximum Gasteiger partial charge on any atom is 0.170 e. The summed E-state index contributed by atoms with van der Waals surface area (Å²) in [7, 11) is 0. The van der Waals surface area contributed by atoms with E-state index in [1.165, 1.54) is 0 Å². The fourth-order valence-corrected chi connectivity index (χ4v) is 3.97. The number of fused-ring (bicyclic) bond motifs is 1. The molecule has 1 aromatic rings. The van der Waals surface area contributed by atoms with E-state index >= 15 is 0 Å². The summed E-state index contributed by atoms with van der Waals surface area (Å²) in [5.41, 5.74) is 0.500. The average molecular weight is 299 g/mol. The van der Waals surface area contributed by atoms with Crippen molar-refractivity contribution in [3.05, 3.63) is 28.2 Å². The average Bonchev–Trinajstić information content (AvgIpc) is 2.68. The molecule has 0 amide bonds. The Bertz CT molecular complexity index is 452. The molecule has 16 heavy (non-hydrogen) atoms. The first-order valence-corrected chi connectivity index (χ1v) is 7.23. The van der Waals surface area contributed by atoms with Crippen LogP contribution in [-0.4, -0.2) is 22.9 Å². The number of carbonyl (C=O) groups excluding carboxylic acids is 1. The zero-order chi connectivity index (χ0) is 11.2. The Labute approximate surface area is 107 Å². The Morgan fingerprint density at radius 2 is 2.31 bits per heavy atom. The molecule has 2 aliphatic heterocycles. The second-order valence-electron chi connectivity index (χ2n) is 4.33. The first-order valence-electron chi connectivity index (χ1n) is 5.28. The zero-order valence-electron chi connectivity index (χ0n) is 8.66. The van der Waals surface area contributed by atoms with Gasteiger partial charge in [0.2, 0.25) is 0 Å². The highest BCUT2D eigenvalue weighted by Gasteiger charge is 2.43. The van der Waals surface area contributed by atoms with Gasteiger partial charge in [0.25, 0.3) is 0 Å². The molecular weight excluding hydrogens is 288 g/mol. The van der Waals surface area contributed by atoms with E-state index in [1.807, 2.05) is 30.0 Å². The summed E-state index contributed by atoms with van der Waals surface area (Å²) < 4.78 is 6.97. The minimum atomic E-state index is -0.220. The number of hydrogen-bond acceptors (Lipinski definition) is 3. The van der Waals surface area contributed by atoms with Gasteiger partial charge >= 0.3 is 0 Å². The number of Topliss-reactive ketones (excluding diaryl/α,β-unsaturated/α-hetero) is 1. The molecule has 1 saturated heterocycles. The molecule has 84 valence electrons. The van der Waals surface area contributed by atoms with Gasteiger partial charge in [0.15, 0.2) is 5.78 Å². The Kier molecular flexibility index (Phi) is 2.51. The van der Waals surface area contributed by atoms with E-state index in [2.05, 4.69) is 15.9 Å². The van der Waals surface area contributed by atoms with Crippen LogP contribution in [-0.2, 0) is 0 Å². The first kappa shape index (κ1) is 10.7. The lowest BCUT2D eigenvalue weighted by molar-refractivity contribution is 0.0563. The number of hydrogen-bond donors (Lipinski definition) is 0. The first-order chi connectivity index (χ1) is 7.69. The fraction of sp³-hybridized carbons (Fsp3) is 0.417. The molecule has 0 saturated carbocycles. The number of rotatable bonds is 0. The van der Waals surface area contributed by atoms with Gasteiger partial charge in [-0.1, -0.05) is 15.9 Å². The molecule has 2 aliphatic rings. The van der Waals surface area contributed by atoms with Crippen molar-refractivity contribution in [2.75, 3.05) is 11.5 Å². The van der Waals surface area contributed by atoms with Crippen LogP contribution in [0.25, 0.3) is 0 Å². The molecule has 1 spiro atoms. The van der Waals surface area contributed by atoms with Gasteiger partial charge in [-0.25, -0.2) is 0 Å². The monoisotopic (exact) mass is 298 g/mol. The van der Waals surface area contributed by atoms with Crippen LogP contribution < -0.4 is 4.74 Å². The molecule has 0 aromatic heterocycles. The number of thioether (sulfide) groups is 1. The number of ether oxygens (including phenoxy) is 1. The molecular formula is C12H11BrO2S. The van der Waals surface area contributed by atoms with Crippen LogP contribution in [0.5, 0.6) is 5.75 Å². The Hall–Kier alpha value is -0.480. The molecule has 0 N–H and O–H groups in total. The standard InChI is InChI=1S/C12H11BrO2S/c13-8-1-2-11-9(5-8)10(14)6-12(15-11)3-4-16-7-12/h1-2,5H,3-4,6-7H2. The van der Waals surface area contributed by atoms with Crippen molar-refractivity contribution < 1.29 is 9.53 Å².